The van der Waals surface area contributed by atoms with Gasteiger partial charge >= 0.3 is 6.09 Å². The molecule has 4 heteroatoms. The van der Waals surface area contributed by atoms with E-state index in [2.05, 4.69) is 5.32 Å². The van der Waals surface area contributed by atoms with Crippen LogP contribution in [0.25, 0.3) is 0 Å². The highest BCUT2D eigenvalue weighted by molar-refractivity contribution is 5.68. The smallest absolute Gasteiger partial charge is 0.410 e. The number of hydrogen-bond donors (Lipinski definition) is 1. The Morgan fingerprint density at radius 1 is 1.26 bits per heavy atom. The third-order valence-electron chi connectivity index (χ3n) is 4.01. The minimum atomic E-state index is -0.396. The molecule has 1 aliphatic heterocycles. The van der Waals surface area contributed by atoms with Crippen LogP contribution in [0.3, 0.4) is 0 Å². The van der Waals surface area contributed by atoms with Crippen LogP contribution in [0.5, 0.6) is 0 Å². The first-order valence-electron chi connectivity index (χ1n) is 7.65. The molecule has 1 amide bonds. The number of carbonyl (C=O) groups is 1. The van der Waals surface area contributed by atoms with E-state index in [4.69, 9.17) is 4.74 Å². The number of nitrogens with zero attached hydrogens (tertiary/aromatic N) is 1. The second-order valence-electron chi connectivity index (χ2n) is 6.97. The molecule has 0 aromatic carbocycles. The highest BCUT2D eigenvalue weighted by Crippen LogP contribution is 2.24. The van der Waals surface area contributed by atoms with E-state index in [0.717, 1.165) is 32.0 Å². The maximum absolute atomic E-state index is 11.9. The van der Waals surface area contributed by atoms with Gasteiger partial charge in [0, 0.05) is 19.1 Å². The van der Waals surface area contributed by atoms with Gasteiger partial charge in [0.25, 0.3) is 0 Å². The van der Waals surface area contributed by atoms with Gasteiger partial charge in [0.15, 0.2) is 0 Å². The Bertz CT molecular complexity index is 306. The fourth-order valence-electron chi connectivity index (χ4n) is 2.97. The molecule has 0 bridgehead atoms. The van der Waals surface area contributed by atoms with Crippen LogP contribution in [-0.2, 0) is 4.74 Å². The van der Waals surface area contributed by atoms with Gasteiger partial charge in [-0.15, -0.1) is 0 Å². The molecule has 2 fully saturated rings. The SMILES string of the molecule is CC(C)(C)OC(=O)N1CC[C@H](NCC2CCCC2)C1. The maximum Gasteiger partial charge on any atom is 0.410 e. The molecule has 0 radical (unpaired) electrons. The third-order valence-corrected chi connectivity index (χ3v) is 4.01. The molecule has 2 rings (SSSR count). The Morgan fingerprint density at radius 2 is 1.95 bits per heavy atom. The summed E-state index contributed by atoms with van der Waals surface area (Å²) < 4.78 is 5.41. The zero-order chi connectivity index (χ0) is 13.9. The molecular weight excluding hydrogens is 240 g/mol. The van der Waals surface area contributed by atoms with Gasteiger partial charge in [0.1, 0.15) is 5.60 Å². The van der Waals surface area contributed by atoms with Crippen LogP contribution in [0, 0.1) is 5.92 Å². The van der Waals surface area contributed by atoms with E-state index in [1.165, 1.54) is 25.7 Å². The largest absolute Gasteiger partial charge is 0.444 e. The van der Waals surface area contributed by atoms with Gasteiger partial charge in [-0.25, -0.2) is 4.79 Å². The first kappa shape index (κ1) is 14.6. The summed E-state index contributed by atoms with van der Waals surface area (Å²) in [4.78, 5) is 13.8. The molecule has 0 aromatic heterocycles. The van der Waals surface area contributed by atoms with E-state index in [1.54, 1.807) is 0 Å². The Labute approximate surface area is 116 Å². The molecule has 4 nitrogen and oxygen atoms in total. The van der Waals surface area contributed by atoms with Crippen LogP contribution in [0.4, 0.5) is 4.79 Å². The maximum atomic E-state index is 11.9. The lowest BCUT2D eigenvalue weighted by atomic mass is 10.1. The van der Waals surface area contributed by atoms with Crippen molar-refractivity contribution in [3.05, 3.63) is 0 Å². The quantitative estimate of drug-likeness (QED) is 0.855. The van der Waals surface area contributed by atoms with Crippen molar-refractivity contribution in [3.63, 3.8) is 0 Å². The molecule has 0 spiro atoms. The van der Waals surface area contributed by atoms with Crippen molar-refractivity contribution in [2.45, 2.75) is 64.5 Å². The van der Waals surface area contributed by atoms with Gasteiger partial charge in [-0.2, -0.15) is 0 Å². The lowest BCUT2D eigenvalue weighted by Gasteiger charge is -2.24. The minimum absolute atomic E-state index is 0.169. The molecule has 1 saturated heterocycles. The van der Waals surface area contributed by atoms with Crippen molar-refractivity contribution in [3.8, 4) is 0 Å². The molecule has 1 saturated carbocycles. The monoisotopic (exact) mass is 268 g/mol. The fraction of sp³-hybridized carbons (Fsp3) is 0.933. The number of ether oxygens (including phenoxy) is 1. The highest BCUT2D eigenvalue weighted by atomic mass is 16.6. The molecule has 2 aliphatic rings. The highest BCUT2D eigenvalue weighted by Gasteiger charge is 2.29. The summed E-state index contributed by atoms with van der Waals surface area (Å²) in [6, 6.07) is 0.452. The zero-order valence-electron chi connectivity index (χ0n) is 12.6. The summed E-state index contributed by atoms with van der Waals surface area (Å²) >= 11 is 0. The van der Waals surface area contributed by atoms with E-state index in [1.807, 2.05) is 25.7 Å². The van der Waals surface area contributed by atoms with Gasteiger partial charge < -0.3 is 15.0 Å². The average molecular weight is 268 g/mol. The van der Waals surface area contributed by atoms with Crippen molar-refractivity contribution < 1.29 is 9.53 Å². The van der Waals surface area contributed by atoms with E-state index in [9.17, 15) is 4.79 Å². The van der Waals surface area contributed by atoms with Gasteiger partial charge in [0.2, 0.25) is 0 Å². The van der Waals surface area contributed by atoms with E-state index >= 15 is 0 Å². The molecule has 1 heterocycles. The summed E-state index contributed by atoms with van der Waals surface area (Å²) in [7, 11) is 0. The van der Waals surface area contributed by atoms with Crippen molar-refractivity contribution in [1.82, 2.24) is 10.2 Å². The Morgan fingerprint density at radius 3 is 2.58 bits per heavy atom. The summed E-state index contributed by atoms with van der Waals surface area (Å²) in [5.74, 6) is 0.857. The van der Waals surface area contributed by atoms with Crippen molar-refractivity contribution in [1.29, 1.82) is 0 Å². The number of nitrogens with one attached hydrogen (secondary N) is 1. The standard InChI is InChI=1S/C15H28N2O2/c1-15(2,3)19-14(18)17-9-8-13(11-17)16-10-12-6-4-5-7-12/h12-13,16H,4-11H2,1-3H3/t13-/m0/s1. The van der Waals surface area contributed by atoms with E-state index in [0.29, 0.717) is 6.04 Å². The predicted molar refractivity (Wildman–Crippen MR) is 76.2 cm³/mol. The zero-order valence-corrected chi connectivity index (χ0v) is 12.6. The summed E-state index contributed by atoms with van der Waals surface area (Å²) in [6.07, 6.45) is 6.40. The van der Waals surface area contributed by atoms with Crippen molar-refractivity contribution >= 4 is 6.09 Å². The van der Waals surface area contributed by atoms with Gasteiger partial charge in [0.05, 0.1) is 0 Å². The van der Waals surface area contributed by atoms with E-state index in [-0.39, 0.29) is 6.09 Å². The van der Waals surface area contributed by atoms with Crippen LogP contribution in [-0.4, -0.2) is 42.3 Å². The van der Waals surface area contributed by atoms with Gasteiger partial charge in [-0.1, -0.05) is 12.8 Å². The van der Waals surface area contributed by atoms with Crippen molar-refractivity contribution in [2.75, 3.05) is 19.6 Å². The minimum Gasteiger partial charge on any atom is -0.444 e. The van der Waals surface area contributed by atoms with E-state index < -0.39 is 5.60 Å². The number of hydrogen-bond acceptors (Lipinski definition) is 3. The molecule has 19 heavy (non-hydrogen) atoms. The van der Waals surface area contributed by atoms with Crippen LogP contribution in [0.15, 0.2) is 0 Å². The molecule has 0 unspecified atom stereocenters. The van der Waals surface area contributed by atoms with Crippen LogP contribution >= 0.6 is 0 Å². The second kappa shape index (κ2) is 6.12. The summed E-state index contributed by atoms with van der Waals surface area (Å²) in [5, 5.41) is 3.62. The lowest BCUT2D eigenvalue weighted by molar-refractivity contribution is 0.0291. The lowest BCUT2D eigenvalue weighted by Crippen LogP contribution is -2.39. The number of likely N-dealkylation sites (tertiary alicyclic amines) is 1. The van der Waals surface area contributed by atoms with Crippen LogP contribution in [0.2, 0.25) is 0 Å². The second-order valence-corrected chi connectivity index (χ2v) is 6.97. The average Bonchev–Trinajstić information content (AvgIpc) is 2.96. The summed E-state index contributed by atoms with van der Waals surface area (Å²) in [5.41, 5.74) is -0.396. The van der Waals surface area contributed by atoms with Crippen LogP contribution < -0.4 is 5.32 Å². The predicted octanol–water partition coefficient (Wildman–Crippen LogP) is 2.78. The first-order chi connectivity index (χ1) is 8.94. The third kappa shape index (κ3) is 4.68. The Balaban J connectivity index is 1.68. The number of amides is 1. The first-order valence-corrected chi connectivity index (χ1v) is 7.65. The summed E-state index contributed by atoms with van der Waals surface area (Å²) in [6.45, 7) is 8.47. The normalized spacial score (nSPS) is 25.0. The van der Waals surface area contributed by atoms with Gasteiger partial charge in [-0.3, -0.25) is 0 Å². The fourth-order valence-corrected chi connectivity index (χ4v) is 2.97. The number of carbonyl (C=O) groups excluding carboxylic acids is 1. The molecule has 1 N–H and O–H groups in total. The Hall–Kier alpha value is -0.770. The molecule has 1 aliphatic carbocycles. The van der Waals surface area contributed by atoms with Crippen LogP contribution in [0.1, 0.15) is 52.9 Å². The molecular formula is C15H28N2O2. The Kier molecular flexibility index (Phi) is 4.71. The van der Waals surface area contributed by atoms with Gasteiger partial charge in [-0.05, 0) is 52.5 Å². The van der Waals surface area contributed by atoms with Crippen molar-refractivity contribution in [2.24, 2.45) is 5.92 Å². The number of rotatable bonds is 3. The molecule has 110 valence electrons. The topological polar surface area (TPSA) is 41.6 Å². The molecule has 1 atom stereocenters. The molecule has 0 aromatic rings.